The van der Waals surface area contributed by atoms with Crippen LogP contribution in [0.4, 0.5) is 0 Å². The van der Waals surface area contributed by atoms with E-state index >= 15 is 0 Å². The summed E-state index contributed by atoms with van der Waals surface area (Å²) < 4.78 is 36.3. The number of rotatable bonds is 10. The summed E-state index contributed by atoms with van der Waals surface area (Å²) in [6.45, 7) is 9.35. The number of hydrogen-bond acceptors (Lipinski definition) is 8. The molecule has 0 aliphatic carbocycles. The summed E-state index contributed by atoms with van der Waals surface area (Å²) in [7, 11) is -2.08. The normalized spacial score (nSPS) is 19.2. The summed E-state index contributed by atoms with van der Waals surface area (Å²) in [5, 5.41) is 5.52. The van der Waals surface area contributed by atoms with Gasteiger partial charge < -0.3 is 9.03 Å². The van der Waals surface area contributed by atoms with E-state index in [-0.39, 0.29) is 12.1 Å². The Balaban J connectivity index is 0.933. The predicted molar refractivity (Wildman–Crippen MR) is 201 cm³/mol. The first-order valence-electron chi connectivity index (χ1n) is 17.9. The number of allylic oxidation sites excluding steroid dienone is 1. The second-order valence-electron chi connectivity index (χ2n) is 13.3. The molecule has 4 aromatic carbocycles. The molecule has 1 atom stereocenters. The van der Waals surface area contributed by atoms with Gasteiger partial charge in [0.1, 0.15) is 0 Å². The van der Waals surface area contributed by atoms with Crippen molar-refractivity contribution in [1.29, 1.82) is 0 Å². The van der Waals surface area contributed by atoms with Crippen molar-refractivity contribution in [1.82, 2.24) is 19.3 Å². The van der Waals surface area contributed by atoms with Crippen molar-refractivity contribution in [3.05, 3.63) is 96.2 Å². The third-order valence-electron chi connectivity index (χ3n) is 10.3. The van der Waals surface area contributed by atoms with Gasteiger partial charge in [-0.3, -0.25) is 0 Å². The summed E-state index contributed by atoms with van der Waals surface area (Å²) in [6.07, 6.45) is 3.26. The van der Waals surface area contributed by atoms with Crippen molar-refractivity contribution in [2.75, 3.05) is 65.5 Å². The molecule has 3 heterocycles. The Hall–Kier alpha value is -3.58. The fraction of sp³-hybridized carbons (Fsp3) is 0.385. The first-order chi connectivity index (χ1) is 24.5. The number of carbonyl (C=O) groups is 1. The van der Waals surface area contributed by atoms with E-state index in [1.54, 1.807) is 6.21 Å². The Bertz CT molecular complexity index is 1950. The van der Waals surface area contributed by atoms with Gasteiger partial charge in [-0.1, -0.05) is 36.4 Å². The molecule has 3 aliphatic heterocycles. The first-order valence-corrected chi connectivity index (χ1v) is 23.9. The minimum absolute atomic E-state index is 0.0422. The van der Waals surface area contributed by atoms with E-state index in [2.05, 4.69) is 73.9 Å². The fourth-order valence-corrected chi connectivity index (χ4v) is 12.9. The molecule has 11 heteroatoms. The first kappa shape index (κ1) is 34.8. The minimum atomic E-state index is -2.93. The molecule has 1 unspecified atom stereocenters. The molecule has 0 radical (unpaired) electrons. The second-order valence-corrected chi connectivity index (χ2v) is 20.6. The maximum absolute atomic E-state index is 13.6. The van der Waals surface area contributed by atoms with Crippen molar-refractivity contribution < 1.29 is 17.1 Å². The van der Waals surface area contributed by atoms with Gasteiger partial charge in [-0.25, -0.2) is 0 Å². The standard InChI is InChI=1S/C29H38N5O3Si.C10H7.O.Sn/c1-3-31-13-15-32(16-14-31)27-11-12-28(30-22-26(27)29(35)37-4-2)33-17-19-34(20-18-33)38(36)25-10-9-23-7-5-6-8-24(23)21-25;1-2-6-10-8-4-3-7-9(10)5-1;;/h5-10,21-22,28H,1,3-4,11-20H2,2H3;1-3,5-8H;;. The van der Waals surface area contributed by atoms with Gasteiger partial charge >= 0.3 is 224 Å². The fourth-order valence-electron chi connectivity index (χ4n) is 7.43. The van der Waals surface area contributed by atoms with Crippen LogP contribution in [0.25, 0.3) is 21.5 Å². The average molecular weight is 795 g/mol. The van der Waals surface area contributed by atoms with E-state index < -0.39 is 28.6 Å². The number of benzene rings is 4. The molecule has 3 aliphatic rings. The van der Waals surface area contributed by atoms with Gasteiger partial charge in [0.05, 0.1) is 0 Å². The number of aliphatic imine (C=N–C) groups is 1. The van der Waals surface area contributed by atoms with Crippen molar-refractivity contribution >= 4 is 71.1 Å². The number of piperazine rings is 2. The van der Waals surface area contributed by atoms with Crippen molar-refractivity contribution in [2.24, 2.45) is 4.99 Å². The zero-order chi connectivity index (χ0) is 34.5. The van der Waals surface area contributed by atoms with Crippen LogP contribution in [0.15, 0.2) is 101 Å². The summed E-state index contributed by atoms with van der Waals surface area (Å²) in [5.41, 5.74) is 1.58. The molecule has 0 bridgehead atoms. The number of hydrogen-bond donors (Lipinski definition) is 0. The molecule has 2 saturated heterocycles. The number of nitrogens with zero attached hydrogens (tertiary/aromatic N) is 5. The van der Waals surface area contributed by atoms with E-state index in [1.807, 2.05) is 37.3 Å². The van der Waals surface area contributed by atoms with E-state index in [1.165, 1.54) is 5.39 Å². The van der Waals surface area contributed by atoms with Gasteiger partial charge in [-0.05, 0) is 16.8 Å². The molecule has 0 spiro atoms. The Morgan fingerprint density at radius 3 is 2.20 bits per heavy atom. The van der Waals surface area contributed by atoms with Crippen LogP contribution in [0.2, 0.25) is 4.44 Å². The number of ether oxygens (including phenoxy) is 1. The van der Waals surface area contributed by atoms with Crippen molar-refractivity contribution in [3.8, 4) is 0 Å². The predicted octanol–water partition coefficient (Wildman–Crippen LogP) is 3.69. The van der Waals surface area contributed by atoms with Gasteiger partial charge in [-0.2, -0.15) is 0 Å². The van der Waals surface area contributed by atoms with E-state index in [0.717, 1.165) is 107 Å². The Kier molecular flexibility index (Phi) is 11.3. The summed E-state index contributed by atoms with van der Waals surface area (Å²) in [4.78, 5) is 25.3. The molecule has 9 nitrogen and oxygen atoms in total. The van der Waals surface area contributed by atoms with Crippen LogP contribution in [-0.2, 0) is 17.1 Å². The van der Waals surface area contributed by atoms with Crippen LogP contribution in [0, 0.1) is 0 Å². The topological polar surface area (TPSA) is 85.8 Å². The number of fused-ring (bicyclic) bond motifs is 2. The third-order valence-corrected chi connectivity index (χ3v) is 16.8. The zero-order valence-electron chi connectivity index (χ0n) is 28.8. The molecule has 0 N–H and O–H groups in total. The van der Waals surface area contributed by atoms with Gasteiger partial charge in [-0.15, -0.1) is 0 Å². The van der Waals surface area contributed by atoms with Crippen molar-refractivity contribution in [3.63, 3.8) is 0 Å². The third kappa shape index (κ3) is 7.98. The van der Waals surface area contributed by atoms with Crippen LogP contribution >= 0.6 is 0 Å². The van der Waals surface area contributed by atoms with Gasteiger partial charge in [0.25, 0.3) is 0 Å². The molecule has 258 valence electrons. The Morgan fingerprint density at radius 2 is 1.50 bits per heavy atom. The van der Waals surface area contributed by atoms with Crippen molar-refractivity contribution in [2.45, 2.75) is 30.4 Å². The second kappa shape index (κ2) is 16.2. The molecule has 4 aromatic rings. The number of esters is 1. The van der Waals surface area contributed by atoms with Crippen LogP contribution in [-0.4, -0.2) is 132 Å². The molecule has 0 amide bonds. The van der Waals surface area contributed by atoms with E-state index in [4.69, 9.17) is 9.73 Å². The molecule has 0 saturated carbocycles. The van der Waals surface area contributed by atoms with Gasteiger partial charge in [0.15, 0.2) is 0 Å². The molecule has 0 aromatic heterocycles. The summed E-state index contributed by atoms with van der Waals surface area (Å²) in [6, 6.07) is 28.8. The van der Waals surface area contributed by atoms with Crippen LogP contribution in [0.3, 0.4) is 0 Å². The SMILES string of the molecule is CCOC(=O)C1=C(N2CCN(C[CH2][Sn](=[O])[c]3ccc4ccccc4c3)CC2)CCC(N2CCN([Si](=O)c3ccc4ccccc4c3)CC2)N=C1. The van der Waals surface area contributed by atoms with Crippen LogP contribution < -0.4 is 8.77 Å². The average Bonchev–Trinajstić information content (AvgIpc) is 3.40. The molecule has 50 heavy (non-hydrogen) atoms. The molecule has 7 rings (SSSR count). The zero-order valence-corrected chi connectivity index (χ0v) is 32.7. The summed E-state index contributed by atoms with van der Waals surface area (Å²) in [5.74, 6) is -0.314. The molecule has 2 fully saturated rings. The van der Waals surface area contributed by atoms with Gasteiger partial charge in [0.2, 0.25) is 0 Å². The Morgan fingerprint density at radius 1 is 0.840 bits per heavy atom. The Labute approximate surface area is 303 Å². The maximum atomic E-state index is 13.6. The summed E-state index contributed by atoms with van der Waals surface area (Å²) >= 11 is -2.93. The quantitative estimate of drug-likeness (QED) is 0.178. The van der Waals surface area contributed by atoms with E-state index in [0.29, 0.717) is 12.2 Å². The van der Waals surface area contributed by atoms with Crippen LogP contribution in [0.1, 0.15) is 19.8 Å². The molecular formula is C39H45N5O4SiSn. The van der Waals surface area contributed by atoms with E-state index in [9.17, 15) is 12.3 Å². The monoisotopic (exact) mass is 795 g/mol. The van der Waals surface area contributed by atoms with Crippen LogP contribution in [0.5, 0.6) is 0 Å². The number of carbonyl (C=O) groups excluding carboxylic acids is 1. The van der Waals surface area contributed by atoms with Gasteiger partial charge in [0, 0.05) is 18.3 Å². The molecular weight excluding hydrogens is 749 g/mol.